The van der Waals surface area contributed by atoms with Crippen LogP contribution >= 0.6 is 0 Å². The van der Waals surface area contributed by atoms with Crippen molar-refractivity contribution in [2.24, 2.45) is 0 Å². The summed E-state index contributed by atoms with van der Waals surface area (Å²) in [6.45, 7) is 4.39. The molecule has 2 rings (SSSR count). The number of nitrogens with zero attached hydrogens (tertiary/aromatic N) is 2. The molecule has 0 bridgehead atoms. The zero-order chi connectivity index (χ0) is 12.4. The molecule has 0 aliphatic carbocycles. The molecule has 17 heavy (non-hydrogen) atoms. The third-order valence-electron chi connectivity index (χ3n) is 2.88. The van der Waals surface area contributed by atoms with Gasteiger partial charge in [-0.25, -0.2) is 4.98 Å². The quantitative estimate of drug-likeness (QED) is 0.881. The van der Waals surface area contributed by atoms with E-state index in [1.54, 1.807) is 6.92 Å². The van der Waals surface area contributed by atoms with E-state index in [2.05, 4.69) is 4.98 Å². The number of aliphatic hydroxyl groups is 1. The van der Waals surface area contributed by atoms with Gasteiger partial charge >= 0.3 is 0 Å². The summed E-state index contributed by atoms with van der Waals surface area (Å²) in [6, 6.07) is 7.77. The van der Waals surface area contributed by atoms with Crippen molar-refractivity contribution in [3.8, 4) is 0 Å². The molecule has 92 valence electrons. The Hall–Kier alpha value is -1.39. The van der Waals surface area contributed by atoms with Crippen LogP contribution in [-0.2, 0) is 0 Å². The van der Waals surface area contributed by atoms with Gasteiger partial charge in [0, 0.05) is 6.54 Å². The molecule has 1 aromatic carbocycles. The van der Waals surface area contributed by atoms with Gasteiger partial charge in [-0.1, -0.05) is 12.1 Å². The molecule has 0 saturated heterocycles. The number of fused-ring (bicyclic) bond motifs is 1. The molecule has 0 spiro atoms. The molecule has 2 unspecified atom stereocenters. The van der Waals surface area contributed by atoms with Crippen LogP contribution in [0.1, 0.15) is 25.8 Å². The molecule has 0 aliphatic rings. The van der Waals surface area contributed by atoms with Gasteiger partial charge in [0.25, 0.3) is 0 Å². The van der Waals surface area contributed by atoms with Crippen LogP contribution < -0.4 is 0 Å². The third-order valence-corrected chi connectivity index (χ3v) is 2.88. The van der Waals surface area contributed by atoms with Gasteiger partial charge in [-0.3, -0.25) is 4.90 Å². The van der Waals surface area contributed by atoms with Gasteiger partial charge in [0.1, 0.15) is 5.52 Å². The number of hydrogen-bond donors (Lipinski definition) is 1. The Kier molecular flexibility index (Phi) is 3.45. The standard InChI is InChI=1S/C13H18N2O2/c1-9(16)8-15(3)10(2)13-14-11-6-4-5-7-12(11)17-13/h4-7,9-10,16H,8H2,1-3H3. The number of hydrogen-bond acceptors (Lipinski definition) is 4. The number of aliphatic hydroxyl groups excluding tert-OH is 1. The molecule has 1 heterocycles. The lowest BCUT2D eigenvalue weighted by Crippen LogP contribution is -2.29. The van der Waals surface area contributed by atoms with Crippen LogP contribution in [-0.4, -0.2) is 34.7 Å². The second-order valence-electron chi connectivity index (χ2n) is 4.48. The molecule has 2 aromatic rings. The Bertz CT molecular complexity index is 460. The van der Waals surface area contributed by atoms with Crippen LogP contribution in [0.15, 0.2) is 28.7 Å². The van der Waals surface area contributed by atoms with E-state index in [1.165, 1.54) is 0 Å². The van der Waals surface area contributed by atoms with Crippen LogP contribution in [0.25, 0.3) is 11.1 Å². The van der Waals surface area contributed by atoms with Crippen molar-refractivity contribution in [1.82, 2.24) is 9.88 Å². The minimum Gasteiger partial charge on any atom is -0.439 e. The van der Waals surface area contributed by atoms with E-state index in [0.29, 0.717) is 12.4 Å². The van der Waals surface area contributed by atoms with Crippen molar-refractivity contribution < 1.29 is 9.52 Å². The van der Waals surface area contributed by atoms with Gasteiger partial charge in [0.15, 0.2) is 5.58 Å². The van der Waals surface area contributed by atoms with Crippen molar-refractivity contribution in [3.05, 3.63) is 30.2 Å². The molecule has 0 amide bonds. The van der Waals surface area contributed by atoms with E-state index < -0.39 is 0 Å². The third kappa shape index (κ3) is 2.65. The predicted octanol–water partition coefficient (Wildman–Crippen LogP) is 2.20. The molecule has 0 aliphatic heterocycles. The topological polar surface area (TPSA) is 49.5 Å². The highest BCUT2D eigenvalue weighted by Crippen LogP contribution is 2.23. The fourth-order valence-corrected chi connectivity index (χ4v) is 1.83. The second-order valence-corrected chi connectivity index (χ2v) is 4.48. The van der Waals surface area contributed by atoms with Gasteiger partial charge < -0.3 is 9.52 Å². The first-order valence-electron chi connectivity index (χ1n) is 5.81. The van der Waals surface area contributed by atoms with Crippen LogP contribution in [0, 0.1) is 0 Å². The lowest BCUT2D eigenvalue weighted by atomic mass is 10.2. The Morgan fingerprint density at radius 2 is 2.06 bits per heavy atom. The summed E-state index contributed by atoms with van der Waals surface area (Å²) >= 11 is 0. The van der Waals surface area contributed by atoms with E-state index in [0.717, 1.165) is 11.1 Å². The largest absolute Gasteiger partial charge is 0.439 e. The first-order chi connectivity index (χ1) is 8.08. The number of benzene rings is 1. The summed E-state index contributed by atoms with van der Waals surface area (Å²) in [7, 11) is 1.95. The number of aromatic nitrogens is 1. The molecular weight excluding hydrogens is 216 g/mol. The van der Waals surface area contributed by atoms with Crippen molar-refractivity contribution >= 4 is 11.1 Å². The molecule has 0 fully saturated rings. The average molecular weight is 234 g/mol. The maximum atomic E-state index is 9.37. The van der Waals surface area contributed by atoms with E-state index in [4.69, 9.17) is 4.42 Å². The van der Waals surface area contributed by atoms with E-state index in [9.17, 15) is 5.11 Å². The zero-order valence-corrected chi connectivity index (χ0v) is 10.4. The first-order valence-corrected chi connectivity index (χ1v) is 5.81. The average Bonchev–Trinajstić information content (AvgIpc) is 2.70. The van der Waals surface area contributed by atoms with Gasteiger partial charge in [0.2, 0.25) is 5.89 Å². The van der Waals surface area contributed by atoms with Crippen molar-refractivity contribution in [1.29, 1.82) is 0 Å². The predicted molar refractivity (Wildman–Crippen MR) is 66.7 cm³/mol. The molecule has 1 N–H and O–H groups in total. The van der Waals surface area contributed by atoms with E-state index >= 15 is 0 Å². The highest BCUT2D eigenvalue weighted by Gasteiger charge is 2.18. The lowest BCUT2D eigenvalue weighted by molar-refractivity contribution is 0.114. The van der Waals surface area contributed by atoms with Gasteiger partial charge in [-0.15, -0.1) is 0 Å². The minimum atomic E-state index is -0.355. The van der Waals surface area contributed by atoms with Gasteiger partial charge in [-0.2, -0.15) is 0 Å². The molecule has 4 heteroatoms. The normalized spacial score (nSPS) is 15.4. The summed E-state index contributed by atoms with van der Waals surface area (Å²) in [5.41, 5.74) is 1.68. The SMILES string of the molecule is CC(O)CN(C)C(C)c1nc2ccccc2o1. The number of rotatable bonds is 4. The van der Waals surface area contributed by atoms with Crippen LogP contribution in [0.5, 0.6) is 0 Å². The number of oxazole rings is 1. The Morgan fingerprint density at radius 3 is 2.71 bits per heavy atom. The van der Waals surface area contributed by atoms with Crippen molar-refractivity contribution in [2.75, 3.05) is 13.6 Å². The molecule has 2 atom stereocenters. The maximum Gasteiger partial charge on any atom is 0.212 e. The Morgan fingerprint density at radius 1 is 1.35 bits per heavy atom. The monoisotopic (exact) mass is 234 g/mol. The molecular formula is C13H18N2O2. The Balaban J connectivity index is 2.21. The summed E-state index contributed by atoms with van der Waals surface area (Å²) in [4.78, 5) is 6.47. The lowest BCUT2D eigenvalue weighted by Gasteiger charge is -2.23. The summed E-state index contributed by atoms with van der Waals surface area (Å²) in [5.74, 6) is 0.689. The van der Waals surface area contributed by atoms with Crippen molar-refractivity contribution in [3.63, 3.8) is 0 Å². The van der Waals surface area contributed by atoms with E-state index in [-0.39, 0.29) is 12.1 Å². The van der Waals surface area contributed by atoms with Crippen molar-refractivity contribution in [2.45, 2.75) is 26.0 Å². The highest BCUT2D eigenvalue weighted by atomic mass is 16.3. The van der Waals surface area contributed by atoms with Gasteiger partial charge in [0.05, 0.1) is 12.1 Å². The van der Waals surface area contributed by atoms with Gasteiger partial charge in [-0.05, 0) is 33.0 Å². The first kappa shape index (κ1) is 12.1. The molecule has 4 nitrogen and oxygen atoms in total. The fourth-order valence-electron chi connectivity index (χ4n) is 1.83. The minimum absolute atomic E-state index is 0.0528. The number of likely N-dealkylation sites (N-methyl/N-ethyl adjacent to an activating group) is 1. The summed E-state index contributed by atoms with van der Waals surface area (Å²) in [5, 5.41) is 9.37. The van der Waals surface area contributed by atoms with Crippen LogP contribution in [0.2, 0.25) is 0 Å². The zero-order valence-electron chi connectivity index (χ0n) is 10.4. The Labute approximate surface area is 101 Å². The second kappa shape index (κ2) is 4.85. The highest BCUT2D eigenvalue weighted by molar-refractivity contribution is 5.72. The molecule has 1 aromatic heterocycles. The maximum absolute atomic E-state index is 9.37. The van der Waals surface area contributed by atoms with E-state index in [1.807, 2.05) is 43.1 Å². The molecule has 0 saturated carbocycles. The number of para-hydroxylation sites is 2. The smallest absolute Gasteiger partial charge is 0.212 e. The van der Waals surface area contributed by atoms with Crippen LogP contribution in [0.4, 0.5) is 0 Å². The summed E-state index contributed by atoms with van der Waals surface area (Å²) < 4.78 is 5.70. The fraction of sp³-hybridized carbons (Fsp3) is 0.462. The molecule has 0 radical (unpaired) electrons. The summed E-state index contributed by atoms with van der Waals surface area (Å²) in [6.07, 6.45) is -0.355. The van der Waals surface area contributed by atoms with Crippen LogP contribution in [0.3, 0.4) is 0 Å².